The molecule has 3 nitrogen and oxygen atoms in total. The van der Waals surface area contributed by atoms with Crippen molar-refractivity contribution >= 4 is 23.2 Å². The molecule has 0 aromatic heterocycles. The van der Waals surface area contributed by atoms with Crippen LogP contribution >= 0.6 is 11.6 Å². The predicted molar refractivity (Wildman–Crippen MR) is 78.9 cm³/mol. The first-order valence-corrected chi connectivity index (χ1v) is 6.85. The number of aliphatic hydroxyl groups excluding tert-OH is 1. The average molecular weight is 288 g/mol. The molecule has 0 spiro atoms. The summed E-state index contributed by atoms with van der Waals surface area (Å²) in [4.78, 5) is 11.3. The minimum atomic E-state index is -0.629. The van der Waals surface area contributed by atoms with Crippen LogP contribution in [0.2, 0.25) is 5.02 Å². The van der Waals surface area contributed by atoms with Gasteiger partial charge in [-0.3, -0.25) is 4.79 Å². The number of hydrogen-bond donors (Lipinski definition) is 2. The lowest BCUT2D eigenvalue weighted by molar-refractivity contribution is -0.115. The molecule has 2 aromatic carbocycles. The normalized spacial score (nSPS) is 14.8. The lowest BCUT2D eigenvalue weighted by atomic mass is 9.99. The maximum atomic E-state index is 11.3. The Morgan fingerprint density at radius 1 is 1.25 bits per heavy atom. The van der Waals surface area contributed by atoms with Crippen molar-refractivity contribution in [1.82, 2.24) is 0 Å². The van der Waals surface area contributed by atoms with Crippen molar-refractivity contribution in [2.75, 3.05) is 5.32 Å². The number of amides is 1. The van der Waals surface area contributed by atoms with Crippen LogP contribution in [0.3, 0.4) is 0 Å². The van der Waals surface area contributed by atoms with Crippen molar-refractivity contribution in [3.05, 3.63) is 64.2 Å². The Morgan fingerprint density at radius 3 is 2.85 bits per heavy atom. The topological polar surface area (TPSA) is 49.3 Å². The van der Waals surface area contributed by atoms with Gasteiger partial charge in [-0.05, 0) is 28.8 Å². The number of carbonyl (C=O) groups is 1. The molecule has 0 bridgehead atoms. The maximum Gasteiger partial charge on any atom is 0.228 e. The zero-order chi connectivity index (χ0) is 14.1. The van der Waals surface area contributed by atoms with E-state index in [0.29, 0.717) is 17.9 Å². The highest BCUT2D eigenvalue weighted by molar-refractivity contribution is 6.31. The smallest absolute Gasteiger partial charge is 0.228 e. The van der Waals surface area contributed by atoms with Crippen molar-refractivity contribution in [2.45, 2.75) is 18.9 Å². The number of benzene rings is 2. The summed E-state index contributed by atoms with van der Waals surface area (Å²) in [5.74, 6) is -0.00209. The first kappa shape index (κ1) is 13.2. The Kier molecular flexibility index (Phi) is 3.47. The molecule has 0 radical (unpaired) electrons. The highest BCUT2D eigenvalue weighted by atomic mass is 35.5. The number of nitrogens with one attached hydrogen (secondary N) is 1. The van der Waals surface area contributed by atoms with Crippen LogP contribution in [0.5, 0.6) is 0 Å². The third kappa shape index (κ3) is 2.55. The summed E-state index contributed by atoms with van der Waals surface area (Å²) in [5.41, 5.74) is 3.49. The largest absolute Gasteiger partial charge is 0.388 e. The fraction of sp³-hybridized carbons (Fsp3) is 0.188. The first-order valence-electron chi connectivity index (χ1n) is 6.47. The highest BCUT2D eigenvalue weighted by Crippen LogP contribution is 2.29. The zero-order valence-electron chi connectivity index (χ0n) is 10.8. The van der Waals surface area contributed by atoms with Gasteiger partial charge in [0.15, 0.2) is 0 Å². The number of aliphatic hydroxyl groups is 1. The summed E-state index contributed by atoms with van der Waals surface area (Å²) < 4.78 is 0. The van der Waals surface area contributed by atoms with Gasteiger partial charge < -0.3 is 10.4 Å². The standard InChI is InChI=1S/C16H14ClNO2/c17-13-4-2-1-3-10(13)8-15(19)11-5-6-14-12(7-11)9-16(20)18-14/h1-7,15,19H,8-9H2,(H,18,20). The van der Waals surface area contributed by atoms with E-state index in [-0.39, 0.29) is 5.91 Å². The van der Waals surface area contributed by atoms with Crippen LogP contribution in [0, 0.1) is 0 Å². The second kappa shape index (κ2) is 5.27. The maximum absolute atomic E-state index is 11.3. The Labute approximate surface area is 122 Å². The van der Waals surface area contributed by atoms with Crippen molar-refractivity contribution in [2.24, 2.45) is 0 Å². The van der Waals surface area contributed by atoms with Crippen LogP contribution in [0.1, 0.15) is 22.8 Å². The van der Waals surface area contributed by atoms with Crippen molar-refractivity contribution in [3.8, 4) is 0 Å². The van der Waals surface area contributed by atoms with Crippen LogP contribution in [0.25, 0.3) is 0 Å². The molecule has 20 heavy (non-hydrogen) atoms. The SMILES string of the molecule is O=C1Cc2cc(C(O)Cc3ccccc3Cl)ccc2N1. The van der Waals surface area contributed by atoms with E-state index in [2.05, 4.69) is 5.32 Å². The Balaban J connectivity index is 1.82. The van der Waals surface area contributed by atoms with Crippen molar-refractivity contribution in [1.29, 1.82) is 0 Å². The predicted octanol–water partition coefficient (Wildman–Crippen LogP) is 3.11. The van der Waals surface area contributed by atoms with Crippen LogP contribution in [0.15, 0.2) is 42.5 Å². The first-order chi connectivity index (χ1) is 9.63. The molecule has 1 heterocycles. The minimum Gasteiger partial charge on any atom is -0.388 e. The minimum absolute atomic E-state index is 0.00209. The molecule has 0 fully saturated rings. The monoisotopic (exact) mass is 287 g/mol. The number of fused-ring (bicyclic) bond motifs is 1. The van der Waals surface area contributed by atoms with Gasteiger partial charge in [-0.15, -0.1) is 0 Å². The molecule has 1 aliphatic rings. The zero-order valence-corrected chi connectivity index (χ0v) is 11.5. The van der Waals surface area contributed by atoms with E-state index in [1.54, 1.807) is 0 Å². The van der Waals surface area contributed by atoms with Gasteiger partial charge in [-0.2, -0.15) is 0 Å². The molecule has 102 valence electrons. The number of rotatable bonds is 3. The molecule has 0 saturated carbocycles. The van der Waals surface area contributed by atoms with Crippen molar-refractivity contribution < 1.29 is 9.90 Å². The number of carbonyl (C=O) groups excluding carboxylic acids is 1. The number of halogens is 1. The Hall–Kier alpha value is -1.84. The van der Waals surface area contributed by atoms with Crippen LogP contribution in [-0.2, 0) is 17.6 Å². The van der Waals surface area contributed by atoms with Crippen LogP contribution in [-0.4, -0.2) is 11.0 Å². The average Bonchev–Trinajstić information content (AvgIpc) is 2.80. The third-order valence-corrected chi connectivity index (χ3v) is 3.88. The lowest BCUT2D eigenvalue weighted by Gasteiger charge is -2.13. The number of hydrogen-bond acceptors (Lipinski definition) is 2. The van der Waals surface area contributed by atoms with Gasteiger partial charge in [-0.25, -0.2) is 0 Å². The van der Waals surface area contributed by atoms with Crippen LogP contribution in [0.4, 0.5) is 5.69 Å². The van der Waals surface area contributed by atoms with Crippen LogP contribution < -0.4 is 5.32 Å². The molecule has 2 aromatic rings. The van der Waals surface area contributed by atoms with E-state index < -0.39 is 6.10 Å². The van der Waals surface area contributed by atoms with E-state index >= 15 is 0 Å². The highest BCUT2D eigenvalue weighted by Gasteiger charge is 2.19. The molecule has 1 unspecified atom stereocenters. The summed E-state index contributed by atoms with van der Waals surface area (Å²) in [5, 5.41) is 13.8. The summed E-state index contributed by atoms with van der Waals surface area (Å²) in [6.45, 7) is 0. The summed E-state index contributed by atoms with van der Waals surface area (Å²) in [7, 11) is 0. The van der Waals surface area contributed by atoms with Gasteiger partial charge in [0.2, 0.25) is 5.91 Å². The third-order valence-electron chi connectivity index (χ3n) is 3.51. The van der Waals surface area contributed by atoms with Gasteiger partial charge in [0.25, 0.3) is 0 Å². The molecule has 1 aliphatic heterocycles. The molecule has 4 heteroatoms. The fourth-order valence-corrected chi connectivity index (χ4v) is 2.66. The van der Waals surface area contributed by atoms with E-state index in [0.717, 1.165) is 22.4 Å². The van der Waals surface area contributed by atoms with Crippen molar-refractivity contribution in [3.63, 3.8) is 0 Å². The fourth-order valence-electron chi connectivity index (χ4n) is 2.45. The quantitative estimate of drug-likeness (QED) is 0.911. The molecule has 1 amide bonds. The van der Waals surface area contributed by atoms with Gasteiger partial charge in [-0.1, -0.05) is 41.9 Å². The van der Waals surface area contributed by atoms with E-state index in [4.69, 9.17) is 11.6 Å². The summed E-state index contributed by atoms with van der Waals surface area (Å²) in [6.07, 6.45) is 0.206. The lowest BCUT2D eigenvalue weighted by Crippen LogP contribution is -2.03. The second-order valence-corrected chi connectivity index (χ2v) is 5.36. The van der Waals surface area contributed by atoms with E-state index in [1.807, 2.05) is 42.5 Å². The summed E-state index contributed by atoms with van der Waals surface area (Å²) >= 11 is 6.10. The summed E-state index contributed by atoms with van der Waals surface area (Å²) in [6, 6.07) is 13.1. The van der Waals surface area contributed by atoms with Gasteiger partial charge in [0.05, 0.1) is 12.5 Å². The molecule has 0 aliphatic carbocycles. The van der Waals surface area contributed by atoms with Gasteiger partial charge in [0.1, 0.15) is 0 Å². The van der Waals surface area contributed by atoms with E-state index in [1.165, 1.54) is 0 Å². The number of anilines is 1. The molecule has 2 N–H and O–H groups in total. The molecule has 1 atom stereocenters. The molecular weight excluding hydrogens is 274 g/mol. The second-order valence-electron chi connectivity index (χ2n) is 4.95. The molecular formula is C16H14ClNO2. The molecule has 3 rings (SSSR count). The Morgan fingerprint density at radius 2 is 2.05 bits per heavy atom. The Bertz CT molecular complexity index is 669. The molecule has 0 saturated heterocycles. The van der Waals surface area contributed by atoms with Gasteiger partial charge >= 0.3 is 0 Å². The van der Waals surface area contributed by atoms with E-state index in [9.17, 15) is 9.90 Å². The van der Waals surface area contributed by atoms with Gasteiger partial charge in [0, 0.05) is 17.1 Å².